The second kappa shape index (κ2) is 12.1. The quantitative estimate of drug-likeness (QED) is 0.186. The van der Waals surface area contributed by atoms with E-state index in [2.05, 4.69) is 16.1 Å². The number of nitrogens with two attached hydrogens (primary N) is 1. The highest BCUT2D eigenvalue weighted by atomic mass is 16.4. The summed E-state index contributed by atoms with van der Waals surface area (Å²) in [6.07, 6.45) is 1.48. The van der Waals surface area contributed by atoms with Crippen molar-refractivity contribution in [3.05, 3.63) is 47.0 Å². The Kier molecular flexibility index (Phi) is 10.4. The van der Waals surface area contributed by atoms with E-state index in [1.807, 2.05) is 58.9 Å². The minimum Gasteiger partial charge on any atom is -0.478 e. The third-order valence-electron chi connectivity index (χ3n) is 6.03. The summed E-state index contributed by atoms with van der Waals surface area (Å²) in [6.45, 7) is 11.7. The van der Waals surface area contributed by atoms with Crippen molar-refractivity contribution in [1.82, 2.24) is 21.0 Å². The van der Waals surface area contributed by atoms with E-state index in [0.29, 0.717) is 6.54 Å². The molecule has 9 nitrogen and oxygen atoms in total. The van der Waals surface area contributed by atoms with Gasteiger partial charge in [-0.1, -0.05) is 65.0 Å². The summed E-state index contributed by atoms with van der Waals surface area (Å²) in [5, 5.41) is 15.1. The molecule has 0 aliphatic rings. The second-order valence-electron chi connectivity index (χ2n) is 10.2. The number of amides is 2. The molecule has 0 aliphatic heterocycles. The fourth-order valence-corrected chi connectivity index (χ4v) is 3.73. The molecule has 0 saturated carbocycles. The summed E-state index contributed by atoms with van der Waals surface area (Å²) in [6, 6.07) is 6.44. The Labute approximate surface area is 203 Å². The van der Waals surface area contributed by atoms with Gasteiger partial charge < -0.3 is 20.6 Å². The van der Waals surface area contributed by atoms with Gasteiger partial charge in [-0.2, -0.15) is 0 Å². The lowest BCUT2D eigenvalue weighted by Crippen LogP contribution is -2.60. The number of carbonyl (C=O) groups excluding carboxylic acids is 2. The number of nitrogens with one attached hydrogen (secondary N) is 3. The van der Waals surface area contributed by atoms with Crippen molar-refractivity contribution in [3.8, 4) is 0 Å². The van der Waals surface area contributed by atoms with Crippen LogP contribution in [0.25, 0.3) is 0 Å². The molecule has 1 aromatic rings. The SMILES string of the molecule is CNC(C(=O)NC(C(=O)N(C)C/C=C(\C)C(=O)O)C(C)(C)C)C(C)(C)c1cccc(CNN)c1. The molecule has 0 aliphatic carbocycles. The molecule has 34 heavy (non-hydrogen) atoms. The first kappa shape index (κ1) is 29.3. The number of hydrogen-bond donors (Lipinski definition) is 5. The number of carbonyl (C=O) groups is 3. The molecule has 9 heteroatoms. The van der Waals surface area contributed by atoms with Crippen molar-refractivity contribution < 1.29 is 19.5 Å². The smallest absolute Gasteiger partial charge is 0.331 e. The molecule has 0 heterocycles. The van der Waals surface area contributed by atoms with Gasteiger partial charge in [-0.3, -0.25) is 20.9 Å². The number of nitrogens with zero attached hydrogens (tertiary/aromatic N) is 1. The minimum absolute atomic E-state index is 0.127. The van der Waals surface area contributed by atoms with Gasteiger partial charge in [-0.15, -0.1) is 0 Å². The van der Waals surface area contributed by atoms with Gasteiger partial charge in [-0.25, -0.2) is 4.79 Å². The van der Waals surface area contributed by atoms with Crippen molar-refractivity contribution >= 4 is 17.8 Å². The third-order valence-corrected chi connectivity index (χ3v) is 6.03. The molecule has 2 amide bonds. The van der Waals surface area contributed by atoms with Crippen LogP contribution in [-0.2, 0) is 26.3 Å². The first-order chi connectivity index (χ1) is 15.7. The molecule has 1 aromatic carbocycles. The maximum Gasteiger partial charge on any atom is 0.331 e. The number of rotatable bonds is 11. The van der Waals surface area contributed by atoms with Gasteiger partial charge in [0.05, 0.1) is 6.04 Å². The highest BCUT2D eigenvalue weighted by Crippen LogP contribution is 2.29. The Bertz CT molecular complexity index is 905. The maximum absolute atomic E-state index is 13.5. The molecule has 0 fully saturated rings. The molecule has 0 saturated heterocycles. The Morgan fingerprint density at radius 3 is 2.26 bits per heavy atom. The van der Waals surface area contributed by atoms with Gasteiger partial charge in [0.25, 0.3) is 0 Å². The van der Waals surface area contributed by atoms with E-state index < -0.39 is 28.9 Å². The average Bonchev–Trinajstić information content (AvgIpc) is 2.74. The average molecular weight is 476 g/mol. The van der Waals surface area contributed by atoms with Crippen molar-refractivity contribution in [1.29, 1.82) is 0 Å². The van der Waals surface area contributed by atoms with Gasteiger partial charge in [0.2, 0.25) is 11.8 Å². The van der Waals surface area contributed by atoms with Crippen LogP contribution in [-0.4, -0.2) is 60.5 Å². The lowest BCUT2D eigenvalue weighted by Gasteiger charge is -2.38. The van der Waals surface area contributed by atoms with Crippen LogP contribution in [0.3, 0.4) is 0 Å². The van der Waals surface area contributed by atoms with E-state index >= 15 is 0 Å². The van der Waals surface area contributed by atoms with Crippen LogP contribution in [0.5, 0.6) is 0 Å². The second-order valence-corrected chi connectivity index (χ2v) is 10.2. The third kappa shape index (κ3) is 7.65. The monoisotopic (exact) mass is 475 g/mol. The van der Waals surface area contributed by atoms with Crippen LogP contribution >= 0.6 is 0 Å². The van der Waals surface area contributed by atoms with Crippen LogP contribution in [0.2, 0.25) is 0 Å². The molecule has 1 rings (SSSR count). The largest absolute Gasteiger partial charge is 0.478 e. The van der Waals surface area contributed by atoms with Crippen LogP contribution in [0.15, 0.2) is 35.9 Å². The molecule has 0 radical (unpaired) electrons. The molecule has 0 aromatic heterocycles. The summed E-state index contributed by atoms with van der Waals surface area (Å²) in [4.78, 5) is 39.2. The zero-order valence-corrected chi connectivity index (χ0v) is 21.7. The molecule has 6 N–H and O–H groups in total. The normalized spacial score (nSPS) is 14.3. The highest BCUT2D eigenvalue weighted by Gasteiger charge is 2.40. The number of carboxylic acid groups (broad SMARTS) is 1. The Morgan fingerprint density at radius 1 is 1.15 bits per heavy atom. The standard InChI is InChI=1S/C25H41N5O4/c1-16(23(33)34)12-13-30(8)22(32)20(24(2,3)4)29-21(31)19(27-7)25(5,6)18-11-9-10-17(14-18)15-28-26/h9-12,14,19-20,27-28H,13,15,26H2,1-8H3,(H,29,31)(H,33,34)/b16-12+. The predicted octanol–water partition coefficient (Wildman–Crippen LogP) is 1.54. The summed E-state index contributed by atoms with van der Waals surface area (Å²) in [7, 11) is 3.31. The molecular weight excluding hydrogens is 434 g/mol. The van der Waals surface area contributed by atoms with E-state index in [9.17, 15) is 14.4 Å². The lowest BCUT2D eigenvalue weighted by atomic mass is 9.76. The molecular formula is C25H41N5O4. The van der Waals surface area contributed by atoms with Crippen LogP contribution < -0.4 is 21.9 Å². The molecule has 190 valence electrons. The Morgan fingerprint density at radius 2 is 1.76 bits per heavy atom. The van der Waals surface area contributed by atoms with Gasteiger partial charge >= 0.3 is 5.97 Å². The number of likely N-dealkylation sites (N-methyl/N-ethyl adjacent to an activating group) is 2. The summed E-state index contributed by atoms with van der Waals surface area (Å²) in [5.41, 5.74) is 3.59. The topological polar surface area (TPSA) is 137 Å². The van der Waals surface area contributed by atoms with Crippen LogP contribution in [0.4, 0.5) is 0 Å². The molecule has 0 spiro atoms. The van der Waals surface area contributed by atoms with E-state index in [1.54, 1.807) is 14.1 Å². The first-order valence-corrected chi connectivity index (χ1v) is 11.3. The highest BCUT2D eigenvalue weighted by molar-refractivity contribution is 5.91. The zero-order valence-electron chi connectivity index (χ0n) is 21.7. The summed E-state index contributed by atoms with van der Waals surface area (Å²) in [5.74, 6) is 3.83. The number of carboxylic acids is 1. The predicted molar refractivity (Wildman–Crippen MR) is 134 cm³/mol. The fraction of sp³-hybridized carbons (Fsp3) is 0.560. The van der Waals surface area contributed by atoms with Gasteiger partial charge in [0.15, 0.2) is 0 Å². The Balaban J connectivity index is 3.17. The number of benzene rings is 1. The van der Waals surface area contributed by atoms with Crippen molar-refractivity contribution in [2.75, 3.05) is 20.6 Å². The molecule has 0 bridgehead atoms. The number of hydrazine groups is 1. The van der Waals surface area contributed by atoms with Crippen molar-refractivity contribution in [3.63, 3.8) is 0 Å². The summed E-state index contributed by atoms with van der Waals surface area (Å²) >= 11 is 0. The molecule has 2 atom stereocenters. The molecule has 2 unspecified atom stereocenters. The Hall–Kier alpha value is -2.75. The van der Waals surface area contributed by atoms with E-state index in [-0.39, 0.29) is 23.9 Å². The zero-order chi connectivity index (χ0) is 26.3. The van der Waals surface area contributed by atoms with Crippen molar-refractivity contribution in [2.45, 2.75) is 65.6 Å². The minimum atomic E-state index is -1.04. The number of aliphatic carboxylic acids is 1. The summed E-state index contributed by atoms with van der Waals surface area (Å²) < 4.78 is 0. The van der Waals surface area contributed by atoms with E-state index in [4.69, 9.17) is 10.9 Å². The van der Waals surface area contributed by atoms with E-state index in [0.717, 1.165) is 11.1 Å². The van der Waals surface area contributed by atoms with Crippen LogP contribution in [0, 0.1) is 5.41 Å². The first-order valence-electron chi connectivity index (χ1n) is 11.3. The maximum atomic E-state index is 13.5. The van der Waals surface area contributed by atoms with E-state index in [1.165, 1.54) is 17.9 Å². The van der Waals surface area contributed by atoms with Gasteiger partial charge in [-0.05, 0) is 30.5 Å². The number of hydrogen-bond acceptors (Lipinski definition) is 6. The fourth-order valence-electron chi connectivity index (χ4n) is 3.73. The van der Waals surface area contributed by atoms with Crippen LogP contribution in [0.1, 0.15) is 52.7 Å². The van der Waals surface area contributed by atoms with Gasteiger partial charge in [0.1, 0.15) is 6.04 Å². The van der Waals surface area contributed by atoms with Crippen molar-refractivity contribution in [2.24, 2.45) is 11.3 Å². The lowest BCUT2D eigenvalue weighted by molar-refractivity contribution is -0.139. The van der Waals surface area contributed by atoms with Gasteiger partial charge in [0, 0.05) is 31.1 Å².